The largest absolute Gasteiger partial charge is 0.488 e. The molecule has 0 amide bonds. The average molecular weight is 353 g/mol. The SMILES string of the molecule is Cc1ccc(OCc2cc(F)cc(/C(N)=N/O)c2)c(Br)c1. The van der Waals surface area contributed by atoms with Crippen molar-refractivity contribution in [3.05, 3.63) is 63.4 Å². The van der Waals surface area contributed by atoms with E-state index in [2.05, 4.69) is 21.1 Å². The number of rotatable bonds is 4. The van der Waals surface area contributed by atoms with E-state index < -0.39 is 5.82 Å². The maximum Gasteiger partial charge on any atom is 0.170 e. The predicted molar refractivity (Wildman–Crippen MR) is 82.1 cm³/mol. The van der Waals surface area contributed by atoms with E-state index in [9.17, 15) is 4.39 Å². The number of oxime groups is 1. The van der Waals surface area contributed by atoms with Gasteiger partial charge in [-0.05, 0) is 64.3 Å². The molecule has 21 heavy (non-hydrogen) atoms. The van der Waals surface area contributed by atoms with Crippen LogP contribution in [0.15, 0.2) is 46.0 Å². The van der Waals surface area contributed by atoms with Crippen molar-refractivity contribution in [3.63, 3.8) is 0 Å². The smallest absolute Gasteiger partial charge is 0.170 e. The minimum Gasteiger partial charge on any atom is -0.488 e. The van der Waals surface area contributed by atoms with Crippen molar-refractivity contribution in [1.82, 2.24) is 0 Å². The van der Waals surface area contributed by atoms with Crippen molar-refractivity contribution in [2.75, 3.05) is 0 Å². The summed E-state index contributed by atoms with van der Waals surface area (Å²) in [4.78, 5) is 0. The molecule has 0 aliphatic carbocycles. The molecular formula is C15H14BrFN2O2. The number of nitrogens with two attached hydrogens (primary N) is 1. The number of benzene rings is 2. The third-order valence-corrected chi connectivity index (χ3v) is 3.46. The van der Waals surface area contributed by atoms with Gasteiger partial charge in [0.25, 0.3) is 0 Å². The summed E-state index contributed by atoms with van der Waals surface area (Å²) in [5, 5.41) is 11.5. The van der Waals surface area contributed by atoms with Gasteiger partial charge in [-0.2, -0.15) is 0 Å². The molecule has 6 heteroatoms. The van der Waals surface area contributed by atoms with Gasteiger partial charge in [0.2, 0.25) is 0 Å². The van der Waals surface area contributed by atoms with Crippen LogP contribution in [0.25, 0.3) is 0 Å². The van der Waals surface area contributed by atoms with E-state index in [0.29, 0.717) is 16.9 Å². The summed E-state index contributed by atoms with van der Waals surface area (Å²) in [6, 6.07) is 9.84. The molecule has 0 saturated heterocycles. The molecule has 4 nitrogen and oxygen atoms in total. The van der Waals surface area contributed by atoms with Crippen molar-refractivity contribution in [2.24, 2.45) is 10.9 Å². The first kappa shape index (κ1) is 15.3. The summed E-state index contributed by atoms with van der Waals surface area (Å²) in [7, 11) is 0. The zero-order valence-electron chi connectivity index (χ0n) is 11.3. The van der Waals surface area contributed by atoms with Gasteiger partial charge in [0.1, 0.15) is 18.2 Å². The Morgan fingerprint density at radius 2 is 2.10 bits per heavy atom. The molecule has 0 bridgehead atoms. The first-order chi connectivity index (χ1) is 9.99. The van der Waals surface area contributed by atoms with Gasteiger partial charge in [0.15, 0.2) is 5.84 Å². The molecule has 0 aromatic heterocycles. The lowest BCUT2D eigenvalue weighted by molar-refractivity contribution is 0.303. The van der Waals surface area contributed by atoms with Crippen LogP contribution in [0.5, 0.6) is 5.75 Å². The van der Waals surface area contributed by atoms with Crippen LogP contribution in [0.1, 0.15) is 16.7 Å². The number of aryl methyl sites for hydroxylation is 1. The van der Waals surface area contributed by atoms with E-state index in [1.807, 2.05) is 25.1 Å². The standard InChI is InChI=1S/C15H14BrFN2O2/c1-9-2-3-14(13(16)4-9)21-8-10-5-11(15(18)19-20)7-12(17)6-10/h2-7,20H,8H2,1H3,(H2,18,19). The van der Waals surface area contributed by atoms with E-state index in [0.717, 1.165) is 10.0 Å². The van der Waals surface area contributed by atoms with Crippen molar-refractivity contribution >= 4 is 21.8 Å². The maximum absolute atomic E-state index is 13.5. The number of hydrogen-bond donors (Lipinski definition) is 2. The molecule has 0 atom stereocenters. The first-order valence-corrected chi connectivity index (χ1v) is 6.95. The fourth-order valence-electron chi connectivity index (χ4n) is 1.82. The topological polar surface area (TPSA) is 67.8 Å². The van der Waals surface area contributed by atoms with Crippen LogP contribution in [-0.4, -0.2) is 11.0 Å². The van der Waals surface area contributed by atoms with Gasteiger partial charge in [-0.3, -0.25) is 0 Å². The second-order valence-electron chi connectivity index (χ2n) is 4.56. The number of hydrogen-bond acceptors (Lipinski definition) is 3. The fourth-order valence-corrected chi connectivity index (χ4v) is 2.43. The lowest BCUT2D eigenvalue weighted by Gasteiger charge is -2.10. The van der Waals surface area contributed by atoms with Crippen LogP contribution in [0.3, 0.4) is 0 Å². The molecule has 0 fully saturated rings. The minimum absolute atomic E-state index is 0.146. The molecule has 0 aliphatic rings. The van der Waals surface area contributed by atoms with Crippen LogP contribution in [0, 0.1) is 12.7 Å². The molecule has 2 aromatic rings. The maximum atomic E-state index is 13.5. The molecule has 0 saturated carbocycles. The zero-order chi connectivity index (χ0) is 15.4. The van der Waals surface area contributed by atoms with Crippen LogP contribution in [0.4, 0.5) is 4.39 Å². The van der Waals surface area contributed by atoms with E-state index in [4.69, 9.17) is 15.7 Å². The van der Waals surface area contributed by atoms with Crippen molar-refractivity contribution in [2.45, 2.75) is 13.5 Å². The highest BCUT2D eigenvalue weighted by Gasteiger charge is 2.07. The number of nitrogens with zero attached hydrogens (tertiary/aromatic N) is 1. The van der Waals surface area contributed by atoms with Crippen molar-refractivity contribution in [3.8, 4) is 5.75 Å². The normalized spacial score (nSPS) is 11.5. The zero-order valence-corrected chi connectivity index (χ0v) is 12.9. The Morgan fingerprint density at radius 3 is 2.76 bits per heavy atom. The molecule has 2 rings (SSSR count). The van der Waals surface area contributed by atoms with Gasteiger partial charge in [0.05, 0.1) is 4.47 Å². The van der Waals surface area contributed by atoms with Crippen molar-refractivity contribution < 1.29 is 14.3 Å². The summed E-state index contributed by atoms with van der Waals surface area (Å²) >= 11 is 3.41. The first-order valence-electron chi connectivity index (χ1n) is 6.16. The monoisotopic (exact) mass is 352 g/mol. The highest BCUT2D eigenvalue weighted by Crippen LogP contribution is 2.26. The Labute approximate surface area is 130 Å². The molecule has 0 unspecified atom stereocenters. The molecule has 0 radical (unpaired) electrons. The summed E-state index contributed by atoms with van der Waals surface area (Å²) in [6.07, 6.45) is 0. The molecule has 0 aliphatic heterocycles. The molecule has 2 aromatic carbocycles. The lowest BCUT2D eigenvalue weighted by atomic mass is 10.1. The Bertz CT molecular complexity index is 689. The Hall–Kier alpha value is -2.08. The second-order valence-corrected chi connectivity index (χ2v) is 5.41. The van der Waals surface area contributed by atoms with E-state index in [-0.39, 0.29) is 12.4 Å². The van der Waals surface area contributed by atoms with Gasteiger partial charge in [-0.25, -0.2) is 4.39 Å². The summed E-state index contributed by atoms with van der Waals surface area (Å²) < 4.78 is 20.0. The predicted octanol–water partition coefficient (Wildman–Crippen LogP) is 3.57. The lowest BCUT2D eigenvalue weighted by Crippen LogP contribution is -2.14. The van der Waals surface area contributed by atoms with Crippen LogP contribution >= 0.6 is 15.9 Å². The quantitative estimate of drug-likeness (QED) is 0.382. The summed E-state index contributed by atoms with van der Waals surface area (Å²) in [6.45, 7) is 2.15. The number of ether oxygens (including phenoxy) is 1. The van der Waals surface area contributed by atoms with Gasteiger partial charge in [-0.15, -0.1) is 0 Å². The van der Waals surface area contributed by atoms with Crippen LogP contribution < -0.4 is 10.5 Å². The van der Waals surface area contributed by atoms with Crippen LogP contribution in [0.2, 0.25) is 0 Å². The highest BCUT2D eigenvalue weighted by molar-refractivity contribution is 9.10. The second kappa shape index (κ2) is 6.58. The van der Waals surface area contributed by atoms with Crippen LogP contribution in [-0.2, 0) is 6.61 Å². The number of halogens is 2. The Morgan fingerprint density at radius 1 is 1.33 bits per heavy atom. The van der Waals surface area contributed by atoms with Gasteiger partial charge in [-0.1, -0.05) is 11.2 Å². The summed E-state index contributed by atoms with van der Waals surface area (Å²) in [5.74, 6) is 0.0446. The van der Waals surface area contributed by atoms with Gasteiger partial charge >= 0.3 is 0 Å². The number of amidine groups is 1. The molecule has 0 spiro atoms. The highest BCUT2D eigenvalue weighted by atomic mass is 79.9. The Kier molecular flexibility index (Phi) is 4.80. The molecular weight excluding hydrogens is 339 g/mol. The van der Waals surface area contributed by atoms with Crippen molar-refractivity contribution in [1.29, 1.82) is 0 Å². The Balaban J connectivity index is 2.18. The molecule has 3 N–H and O–H groups in total. The average Bonchev–Trinajstić information content (AvgIpc) is 2.45. The van der Waals surface area contributed by atoms with Gasteiger partial charge in [0, 0.05) is 5.56 Å². The molecule has 110 valence electrons. The molecule has 0 heterocycles. The third kappa shape index (κ3) is 3.95. The fraction of sp³-hybridized carbons (Fsp3) is 0.133. The third-order valence-electron chi connectivity index (χ3n) is 2.84. The van der Waals surface area contributed by atoms with E-state index in [1.165, 1.54) is 12.1 Å². The van der Waals surface area contributed by atoms with Gasteiger partial charge < -0.3 is 15.7 Å². The van der Waals surface area contributed by atoms with E-state index >= 15 is 0 Å². The van der Waals surface area contributed by atoms with E-state index in [1.54, 1.807) is 6.07 Å². The minimum atomic E-state index is -0.472. The summed E-state index contributed by atoms with van der Waals surface area (Å²) in [5.41, 5.74) is 7.46.